The van der Waals surface area contributed by atoms with Gasteiger partial charge in [-0.2, -0.15) is 0 Å². The van der Waals surface area contributed by atoms with Crippen LogP contribution in [0.4, 0.5) is 0 Å². The number of rotatable bonds is 5. The van der Waals surface area contributed by atoms with Crippen molar-refractivity contribution in [1.82, 2.24) is 15.1 Å². The molecule has 0 amide bonds. The van der Waals surface area contributed by atoms with Crippen LogP contribution >= 0.6 is 24.0 Å². The maximum atomic E-state index is 4.55. The molecule has 2 heterocycles. The maximum Gasteiger partial charge on any atom is 0.194 e. The van der Waals surface area contributed by atoms with Gasteiger partial charge in [-0.25, -0.2) is 0 Å². The number of benzene rings is 1. The maximum absolute atomic E-state index is 4.55. The van der Waals surface area contributed by atoms with Gasteiger partial charge in [0.2, 0.25) is 0 Å². The molecule has 0 spiro atoms. The average Bonchev–Trinajstić information content (AvgIpc) is 3.08. The van der Waals surface area contributed by atoms with Gasteiger partial charge in [-0.15, -0.1) is 24.0 Å². The van der Waals surface area contributed by atoms with Crippen LogP contribution in [0.1, 0.15) is 39.7 Å². The summed E-state index contributed by atoms with van der Waals surface area (Å²) in [5, 5.41) is 3.65. The number of guanidine groups is 1. The molecule has 5 heteroatoms. The predicted molar refractivity (Wildman–Crippen MR) is 126 cm³/mol. The van der Waals surface area contributed by atoms with E-state index in [9.17, 15) is 0 Å². The second-order valence-corrected chi connectivity index (χ2v) is 9.15. The Labute approximate surface area is 182 Å². The minimum Gasteiger partial charge on any atom is -0.356 e. The zero-order valence-electron chi connectivity index (χ0n) is 17.7. The molecule has 152 valence electrons. The SMILES string of the molecule is CN=C(NCC1CCN(CCc2ccccc2)C1)N1CC(C)(C)C1(C)C.I. The van der Waals surface area contributed by atoms with Crippen LogP contribution in [0.5, 0.6) is 0 Å². The van der Waals surface area contributed by atoms with E-state index in [0.717, 1.165) is 31.4 Å². The monoisotopic (exact) mass is 484 g/mol. The third kappa shape index (κ3) is 4.97. The first-order valence-corrected chi connectivity index (χ1v) is 10.1. The minimum atomic E-state index is 0. The molecule has 1 aromatic rings. The van der Waals surface area contributed by atoms with Crippen molar-refractivity contribution in [1.29, 1.82) is 0 Å². The molecule has 1 N–H and O–H groups in total. The lowest BCUT2D eigenvalue weighted by molar-refractivity contribution is -0.0668. The molecule has 0 aromatic heterocycles. The minimum absolute atomic E-state index is 0. The lowest BCUT2D eigenvalue weighted by Gasteiger charge is -2.62. The summed E-state index contributed by atoms with van der Waals surface area (Å²) in [6.45, 7) is 15.0. The quantitative estimate of drug-likeness (QED) is 0.391. The summed E-state index contributed by atoms with van der Waals surface area (Å²) in [5.41, 5.74) is 1.94. The van der Waals surface area contributed by atoms with Crippen molar-refractivity contribution in [2.45, 2.75) is 46.1 Å². The Bertz CT molecular complexity index is 626. The third-order valence-electron chi connectivity index (χ3n) is 6.83. The van der Waals surface area contributed by atoms with E-state index < -0.39 is 0 Å². The molecule has 0 bridgehead atoms. The van der Waals surface area contributed by atoms with Crippen LogP contribution in [0.3, 0.4) is 0 Å². The molecule has 4 nitrogen and oxygen atoms in total. The zero-order chi connectivity index (χ0) is 18.8. The number of aliphatic imine (C=N–C) groups is 1. The Hall–Kier alpha value is -0.820. The molecule has 0 radical (unpaired) electrons. The molecule has 1 unspecified atom stereocenters. The Morgan fingerprint density at radius 1 is 1.19 bits per heavy atom. The van der Waals surface area contributed by atoms with E-state index in [0.29, 0.717) is 5.41 Å². The summed E-state index contributed by atoms with van der Waals surface area (Å²) in [4.78, 5) is 9.58. The van der Waals surface area contributed by atoms with E-state index in [1.165, 1.54) is 31.6 Å². The van der Waals surface area contributed by atoms with E-state index in [1.54, 1.807) is 0 Å². The number of halogens is 1. The van der Waals surface area contributed by atoms with Crippen molar-refractivity contribution in [3.05, 3.63) is 35.9 Å². The molecular formula is C22H37IN4. The van der Waals surface area contributed by atoms with E-state index in [1.807, 2.05) is 7.05 Å². The Morgan fingerprint density at radius 3 is 2.48 bits per heavy atom. The number of hydrogen-bond acceptors (Lipinski definition) is 2. The fraction of sp³-hybridized carbons (Fsp3) is 0.682. The molecule has 27 heavy (non-hydrogen) atoms. The third-order valence-corrected chi connectivity index (χ3v) is 6.83. The van der Waals surface area contributed by atoms with Crippen molar-refractivity contribution in [2.24, 2.45) is 16.3 Å². The van der Waals surface area contributed by atoms with Crippen LogP contribution in [0.15, 0.2) is 35.3 Å². The molecule has 1 aromatic carbocycles. The van der Waals surface area contributed by atoms with Gasteiger partial charge in [0.05, 0.1) is 0 Å². The summed E-state index contributed by atoms with van der Waals surface area (Å²) < 4.78 is 0. The van der Waals surface area contributed by atoms with Gasteiger partial charge in [-0.1, -0.05) is 44.2 Å². The topological polar surface area (TPSA) is 30.9 Å². The van der Waals surface area contributed by atoms with Gasteiger partial charge in [0, 0.05) is 44.2 Å². The van der Waals surface area contributed by atoms with E-state index in [2.05, 4.69) is 78.1 Å². The first-order chi connectivity index (χ1) is 12.3. The second-order valence-electron chi connectivity index (χ2n) is 9.15. The van der Waals surface area contributed by atoms with Crippen LogP contribution in [0.2, 0.25) is 0 Å². The molecule has 2 fully saturated rings. The molecule has 3 rings (SSSR count). The lowest BCUT2D eigenvalue weighted by Crippen LogP contribution is -2.72. The first kappa shape index (κ1) is 22.5. The van der Waals surface area contributed by atoms with Crippen LogP contribution in [0, 0.1) is 11.3 Å². The fourth-order valence-electron chi connectivity index (χ4n) is 4.15. The zero-order valence-corrected chi connectivity index (χ0v) is 20.0. The van der Waals surface area contributed by atoms with E-state index in [-0.39, 0.29) is 29.5 Å². The molecular weight excluding hydrogens is 447 g/mol. The summed E-state index contributed by atoms with van der Waals surface area (Å²) in [7, 11) is 1.91. The van der Waals surface area contributed by atoms with Crippen LogP contribution in [-0.4, -0.2) is 61.1 Å². The standard InChI is InChI=1S/C22H36N4.HI/c1-21(2)17-26(22(21,3)4)20(23-5)24-15-19-12-14-25(16-19)13-11-18-9-7-6-8-10-18;/h6-10,19H,11-17H2,1-5H3,(H,23,24);1H. The van der Waals surface area contributed by atoms with Gasteiger partial charge in [0.1, 0.15) is 0 Å². The molecule has 2 aliphatic rings. The molecule has 2 aliphatic heterocycles. The van der Waals surface area contributed by atoms with Crippen molar-refractivity contribution in [3.63, 3.8) is 0 Å². The highest BCUT2D eigenvalue weighted by Gasteiger charge is 2.53. The van der Waals surface area contributed by atoms with Crippen LogP contribution in [0.25, 0.3) is 0 Å². The van der Waals surface area contributed by atoms with Gasteiger partial charge >= 0.3 is 0 Å². The van der Waals surface area contributed by atoms with Crippen LogP contribution < -0.4 is 5.32 Å². The number of likely N-dealkylation sites (tertiary alicyclic amines) is 2. The lowest BCUT2D eigenvalue weighted by atomic mass is 9.65. The highest BCUT2D eigenvalue weighted by atomic mass is 127. The highest BCUT2D eigenvalue weighted by molar-refractivity contribution is 14.0. The second kappa shape index (κ2) is 9.12. The van der Waals surface area contributed by atoms with Crippen LogP contribution in [-0.2, 0) is 6.42 Å². The summed E-state index contributed by atoms with van der Waals surface area (Å²) in [6, 6.07) is 10.8. The number of nitrogens with one attached hydrogen (secondary N) is 1. The van der Waals surface area contributed by atoms with Gasteiger partial charge < -0.3 is 15.1 Å². The van der Waals surface area contributed by atoms with Gasteiger partial charge in [-0.3, -0.25) is 4.99 Å². The first-order valence-electron chi connectivity index (χ1n) is 10.1. The normalized spacial score (nSPS) is 24.3. The summed E-state index contributed by atoms with van der Waals surface area (Å²) in [6.07, 6.45) is 2.44. The Balaban J connectivity index is 0.00000261. The van der Waals surface area contributed by atoms with E-state index in [4.69, 9.17) is 0 Å². The average molecular weight is 484 g/mol. The van der Waals surface area contributed by atoms with Crippen molar-refractivity contribution < 1.29 is 0 Å². The fourth-order valence-corrected chi connectivity index (χ4v) is 4.15. The van der Waals surface area contributed by atoms with Gasteiger partial charge in [0.15, 0.2) is 5.96 Å². The molecule has 2 saturated heterocycles. The predicted octanol–water partition coefficient (Wildman–Crippen LogP) is 3.86. The van der Waals surface area contributed by atoms with Crippen molar-refractivity contribution in [2.75, 3.05) is 39.8 Å². The molecule has 1 atom stereocenters. The summed E-state index contributed by atoms with van der Waals surface area (Å²) >= 11 is 0. The van der Waals surface area contributed by atoms with Gasteiger partial charge in [0.25, 0.3) is 0 Å². The highest BCUT2D eigenvalue weighted by Crippen LogP contribution is 2.46. The van der Waals surface area contributed by atoms with E-state index >= 15 is 0 Å². The number of nitrogens with zero attached hydrogens (tertiary/aromatic N) is 3. The summed E-state index contributed by atoms with van der Waals surface area (Å²) in [5.74, 6) is 1.79. The largest absolute Gasteiger partial charge is 0.356 e. The molecule has 0 aliphatic carbocycles. The van der Waals surface area contributed by atoms with Crippen molar-refractivity contribution >= 4 is 29.9 Å². The van der Waals surface area contributed by atoms with Gasteiger partial charge in [-0.05, 0) is 44.7 Å². The number of hydrogen-bond donors (Lipinski definition) is 1. The Morgan fingerprint density at radius 2 is 1.89 bits per heavy atom. The molecule has 0 saturated carbocycles. The Kier molecular flexibility index (Phi) is 7.59. The smallest absolute Gasteiger partial charge is 0.194 e. The van der Waals surface area contributed by atoms with Crippen molar-refractivity contribution in [3.8, 4) is 0 Å².